The summed E-state index contributed by atoms with van der Waals surface area (Å²) in [6, 6.07) is 9.39. The van der Waals surface area contributed by atoms with Gasteiger partial charge in [0.1, 0.15) is 0 Å². The van der Waals surface area contributed by atoms with Gasteiger partial charge in [0, 0.05) is 31.6 Å². The van der Waals surface area contributed by atoms with Gasteiger partial charge in [0.15, 0.2) is 30.5 Å². The lowest BCUT2D eigenvalue weighted by molar-refractivity contribution is -0.708. The SMILES string of the molecule is CCCCn1c2nc(=O)n(CCC[n+]3ccccc3C(N)O)c(=O)c-2nc2cc(C)c(C)cc21. The summed E-state index contributed by atoms with van der Waals surface area (Å²) in [5, 5.41) is 9.77. The maximum absolute atomic E-state index is 13.4. The molecule has 0 bridgehead atoms. The van der Waals surface area contributed by atoms with Crippen LogP contribution in [0.3, 0.4) is 0 Å². The Hall–Kier alpha value is -3.43. The third kappa shape index (κ3) is 4.49. The lowest BCUT2D eigenvalue weighted by Crippen LogP contribution is -2.43. The zero-order valence-corrected chi connectivity index (χ0v) is 19.9. The van der Waals surface area contributed by atoms with E-state index in [9.17, 15) is 14.7 Å². The molecule has 2 aliphatic rings. The average molecular weight is 464 g/mol. The zero-order valence-electron chi connectivity index (χ0n) is 19.9. The molecule has 1 aromatic heterocycles. The van der Waals surface area contributed by atoms with E-state index in [1.165, 1.54) is 0 Å². The molecule has 34 heavy (non-hydrogen) atoms. The molecule has 0 amide bonds. The predicted octanol–water partition coefficient (Wildman–Crippen LogP) is 1.80. The number of fused-ring (bicyclic) bond motifs is 2. The molecule has 2 aromatic rings. The second-order valence-corrected chi connectivity index (χ2v) is 8.68. The number of nitrogens with two attached hydrogens (primary N) is 1. The smallest absolute Gasteiger partial charge is 0.352 e. The van der Waals surface area contributed by atoms with Gasteiger partial charge in [-0.15, -0.1) is 0 Å². The van der Waals surface area contributed by atoms with Gasteiger partial charge >= 0.3 is 5.69 Å². The van der Waals surface area contributed by atoms with Crippen molar-refractivity contribution in [1.29, 1.82) is 0 Å². The number of aliphatic hydroxyl groups is 1. The molecule has 1 aromatic carbocycles. The minimum Gasteiger partial charge on any atom is -0.369 e. The van der Waals surface area contributed by atoms with Crippen LogP contribution in [-0.4, -0.2) is 24.2 Å². The van der Waals surface area contributed by atoms with Crippen molar-refractivity contribution in [2.45, 2.75) is 65.9 Å². The number of benzene rings is 1. The molecule has 0 saturated carbocycles. The maximum Gasteiger partial charge on any atom is 0.352 e. The molecule has 4 rings (SSSR count). The van der Waals surface area contributed by atoms with Crippen LogP contribution in [-0.2, 0) is 19.6 Å². The van der Waals surface area contributed by atoms with E-state index in [1.807, 2.05) is 41.2 Å². The molecule has 2 aliphatic heterocycles. The van der Waals surface area contributed by atoms with Crippen LogP contribution in [0.15, 0.2) is 46.1 Å². The van der Waals surface area contributed by atoms with Gasteiger partial charge < -0.3 is 9.67 Å². The van der Waals surface area contributed by atoms with Gasteiger partial charge in [0.05, 0.1) is 11.0 Å². The second kappa shape index (κ2) is 9.82. The molecule has 0 spiro atoms. The number of rotatable bonds is 8. The Balaban J connectivity index is 1.76. The molecule has 9 heteroatoms. The fourth-order valence-electron chi connectivity index (χ4n) is 4.23. The highest BCUT2D eigenvalue weighted by Gasteiger charge is 2.22. The number of aliphatic hydroxyl groups excluding tert-OH is 1. The average Bonchev–Trinajstić information content (AvgIpc) is 2.81. The normalized spacial score (nSPS) is 12.5. The summed E-state index contributed by atoms with van der Waals surface area (Å²) >= 11 is 0. The highest BCUT2D eigenvalue weighted by atomic mass is 16.3. The highest BCUT2D eigenvalue weighted by molar-refractivity contribution is 5.81. The minimum absolute atomic E-state index is 0.185. The van der Waals surface area contributed by atoms with Crippen molar-refractivity contribution >= 4 is 11.0 Å². The van der Waals surface area contributed by atoms with E-state index in [0.29, 0.717) is 31.0 Å². The summed E-state index contributed by atoms with van der Waals surface area (Å²) in [4.78, 5) is 35.2. The summed E-state index contributed by atoms with van der Waals surface area (Å²) in [5.74, 6) is 0.335. The number of aromatic nitrogens is 5. The Kier molecular flexibility index (Phi) is 6.85. The molecule has 0 aliphatic carbocycles. The van der Waals surface area contributed by atoms with Gasteiger partial charge in [-0.2, -0.15) is 9.55 Å². The van der Waals surface area contributed by atoms with Crippen LogP contribution >= 0.6 is 0 Å². The van der Waals surface area contributed by atoms with E-state index in [0.717, 1.165) is 39.6 Å². The Bertz CT molecular complexity index is 1420. The summed E-state index contributed by atoms with van der Waals surface area (Å²) in [6.45, 7) is 7.47. The number of hydrogen-bond acceptors (Lipinski definition) is 6. The van der Waals surface area contributed by atoms with Crippen molar-refractivity contribution in [2.75, 3.05) is 0 Å². The predicted molar refractivity (Wildman–Crippen MR) is 129 cm³/mol. The van der Waals surface area contributed by atoms with Gasteiger partial charge in [0.25, 0.3) is 5.56 Å². The first-order valence-corrected chi connectivity index (χ1v) is 11.7. The fourth-order valence-corrected chi connectivity index (χ4v) is 4.23. The number of pyridine rings is 1. The Morgan fingerprint density at radius 3 is 2.53 bits per heavy atom. The maximum atomic E-state index is 13.4. The summed E-state index contributed by atoms with van der Waals surface area (Å²) in [6.07, 6.45) is 3.05. The van der Waals surface area contributed by atoms with Gasteiger partial charge in [-0.1, -0.05) is 13.3 Å². The van der Waals surface area contributed by atoms with Crippen molar-refractivity contribution in [3.05, 3.63) is 74.2 Å². The van der Waals surface area contributed by atoms with Crippen LogP contribution in [0.4, 0.5) is 0 Å². The zero-order chi connectivity index (χ0) is 24.4. The minimum atomic E-state index is -1.11. The third-order valence-electron chi connectivity index (χ3n) is 6.26. The van der Waals surface area contributed by atoms with Crippen LogP contribution in [0.1, 0.15) is 49.2 Å². The van der Waals surface area contributed by atoms with Gasteiger partial charge in [-0.25, -0.2) is 9.78 Å². The van der Waals surface area contributed by atoms with E-state index < -0.39 is 17.5 Å². The van der Waals surface area contributed by atoms with E-state index in [-0.39, 0.29) is 12.2 Å². The summed E-state index contributed by atoms with van der Waals surface area (Å²) in [5.41, 5.74) is 9.19. The molecule has 178 valence electrons. The van der Waals surface area contributed by atoms with Gasteiger partial charge in [0.2, 0.25) is 5.69 Å². The van der Waals surface area contributed by atoms with Crippen LogP contribution in [0.5, 0.6) is 0 Å². The van der Waals surface area contributed by atoms with Crippen molar-refractivity contribution in [3.8, 4) is 11.5 Å². The largest absolute Gasteiger partial charge is 0.369 e. The number of hydrogen-bond donors (Lipinski definition) is 2. The van der Waals surface area contributed by atoms with Gasteiger partial charge in [-0.05, 0) is 49.6 Å². The molecule has 3 heterocycles. The number of unbranched alkanes of at least 4 members (excludes halogenated alkanes) is 1. The van der Waals surface area contributed by atoms with Crippen molar-refractivity contribution < 1.29 is 9.67 Å². The molecule has 0 fully saturated rings. The van der Waals surface area contributed by atoms with Crippen molar-refractivity contribution in [3.63, 3.8) is 0 Å². The lowest BCUT2D eigenvalue weighted by Gasteiger charge is -2.18. The Morgan fingerprint density at radius 1 is 1.06 bits per heavy atom. The quantitative estimate of drug-likeness (QED) is 0.234. The molecule has 9 nitrogen and oxygen atoms in total. The first-order valence-electron chi connectivity index (χ1n) is 11.7. The Labute approximate surface area is 197 Å². The molecular weight excluding hydrogens is 432 g/mol. The van der Waals surface area contributed by atoms with Crippen LogP contribution in [0.25, 0.3) is 22.6 Å². The molecular formula is C25H31N6O3+. The lowest BCUT2D eigenvalue weighted by atomic mass is 10.1. The van der Waals surface area contributed by atoms with Crippen LogP contribution in [0, 0.1) is 13.8 Å². The third-order valence-corrected chi connectivity index (χ3v) is 6.26. The van der Waals surface area contributed by atoms with Crippen molar-refractivity contribution in [2.24, 2.45) is 5.73 Å². The topological polar surface area (TPSA) is 120 Å². The molecule has 0 saturated heterocycles. The first kappa shape index (κ1) is 23.7. The second-order valence-electron chi connectivity index (χ2n) is 8.68. The molecule has 3 N–H and O–H groups in total. The van der Waals surface area contributed by atoms with Gasteiger partial charge in [-0.3, -0.25) is 15.1 Å². The highest BCUT2D eigenvalue weighted by Crippen LogP contribution is 2.24. The van der Waals surface area contributed by atoms with E-state index in [1.54, 1.807) is 18.3 Å². The van der Waals surface area contributed by atoms with Crippen LogP contribution in [0.2, 0.25) is 0 Å². The molecule has 1 unspecified atom stereocenters. The number of nitrogens with zero attached hydrogens (tertiary/aromatic N) is 5. The Morgan fingerprint density at radius 2 is 1.79 bits per heavy atom. The van der Waals surface area contributed by atoms with E-state index >= 15 is 0 Å². The first-order chi connectivity index (χ1) is 16.3. The van der Waals surface area contributed by atoms with E-state index in [4.69, 9.17) is 5.73 Å². The molecule has 1 atom stereocenters. The molecule has 0 radical (unpaired) electrons. The standard InChI is InChI=1S/C25H31N6O3/c1-4-5-12-30-20-15-17(3)16(2)14-18(20)27-21-23(30)28-25(34)31(24(21)33)13-8-11-29-10-7-6-9-19(29)22(26)32/h6-7,9-10,14-15,22,32H,4-5,8,11-13,26H2,1-3H3/q+1. The summed E-state index contributed by atoms with van der Waals surface area (Å²) in [7, 11) is 0. The van der Waals surface area contributed by atoms with Crippen LogP contribution < -0.4 is 21.5 Å². The fraction of sp³-hybridized carbons (Fsp3) is 0.400. The summed E-state index contributed by atoms with van der Waals surface area (Å²) < 4.78 is 4.91. The van der Waals surface area contributed by atoms with E-state index in [2.05, 4.69) is 16.9 Å². The monoisotopic (exact) mass is 463 g/mol. The van der Waals surface area contributed by atoms with Crippen molar-refractivity contribution in [1.82, 2.24) is 19.1 Å². The number of aryl methyl sites for hydroxylation is 4.